The first-order valence-corrected chi connectivity index (χ1v) is 5.97. The quantitative estimate of drug-likeness (QED) is 0.705. The van der Waals surface area contributed by atoms with E-state index in [2.05, 4.69) is 10.6 Å². The van der Waals surface area contributed by atoms with Crippen molar-refractivity contribution in [3.8, 4) is 0 Å². The van der Waals surface area contributed by atoms with Gasteiger partial charge in [-0.25, -0.2) is 4.79 Å². The maximum absolute atomic E-state index is 11.7. The molecular formula is C14H16N2O4. The van der Waals surface area contributed by atoms with Crippen LogP contribution >= 0.6 is 0 Å². The van der Waals surface area contributed by atoms with Crippen LogP contribution in [0.15, 0.2) is 30.3 Å². The molecule has 0 aliphatic heterocycles. The highest BCUT2D eigenvalue weighted by Crippen LogP contribution is 2.11. The standard InChI is InChI=1S/C14H16N2O4/c1-9(15-10(2)17)14(20)16-12-6-3-11(4-7-12)5-8-13(18)19/h3-9H,1-2H3,(H,15,17)(H,16,20)(H,18,19)/b8-5+. The van der Waals surface area contributed by atoms with Gasteiger partial charge in [-0.05, 0) is 30.7 Å². The molecule has 0 saturated carbocycles. The Bertz CT molecular complexity index is 535. The molecule has 0 heterocycles. The Balaban J connectivity index is 2.63. The highest BCUT2D eigenvalue weighted by molar-refractivity contribution is 5.96. The summed E-state index contributed by atoms with van der Waals surface area (Å²) < 4.78 is 0. The van der Waals surface area contributed by atoms with Crippen LogP contribution in [-0.4, -0.2) is 28.9 Å². The number of nitrogens with one attached hydrogen (secondary N) is 2. The van der Waals surface area contributed by atoms with Gasteiger partial charge >= 0.3 is 5.97 Å². The molecule has 0 aromatic heterocycles. The lowest BCUT2D eigenvalue weighted by Gasteiger charge is -2.12. The fourth-order valence-electron chi connectivity index (χ4n) is 1.47. The molecule has 0 spiro atoms. The van der Waals surface area contributed by atoms with E-state index in [-0.39, 0.29) is 11.8 Å². The average Bonchev–Trinajstić information content (AvgIpc) is 2.37. The Morgan fingerprint density at radius 1 is 1.20 bits per heavy atom. The number of carboxylic acids is 1. The van der Waals surface area contributed by atoms with Crippen molar-refractivity contribution in [3.05, 3.63) is 35.9 Å². The largest absolute Gasteiger partial charge is 0.478 e. The van der Waals surface area contributed by atoms with Crippen LogP contribution in [0.25, 0.3) is 6.08 Å². The summed E-state index contributed by atoms with van der Waals surface area (Å²) in [5.41, 5.74) is 1.28. The minimum absolute atomic E-state index is 0.276. The number of anilines is 1. The zero-order chi connectivity index (χ0) is 15.1. The molecule has 6 heteroatoms. The van der Waals surface area contributed by atoms with Gasteiger partial charge in [0.25, 0.3) is 0 Å². The summed E-state index contributed by atoms with van der Waals surface area (Å²) >= 11 is 0. The van der Waals surface area contributed by atoms with Crippen molar-refractivity contribution in [2.75, 3.05) is 5.32 Å². The number of hydrogen-bond donors (Lipinski definition) is 3. The maximum atomic E-state index is 11.7. The topological polar surface area (TPSA) is 95.5 Å². The Morgan fingerprint density at radius 3 is 2.30 bits per heavy atom. The number of aliphatic carboxylic acids is 1. The molecule has 1 atom stereocenters. The number of carbonyl (C=O) groups is 3. The van der Waals surface area contributed by atoms with Gasteiger partial charge in [0.15, 0.2) is 0 Å². The molecular weight excluding hydrogens is 260 g/mol. The summed E-state index contributed by atoms with van der Waals surface area (Å²) in [6, 6.07) is 6.04. The van der Waals surface area contributed by atoms with Crippen LogP contribution in [0, 0.1) is 0 Å². The van der Waals surface area contributed by atoms with Crippen molar-refractivity contribution < 1.29 is 19.5 Å². The number of rotatable bonds is 5. The Morgan fingerprint density at radius 2 is 1.80 bits per heavy atom. The third-order valence-corrected chi connectivity index (χ3v) is 2.41. The lowest BCUT2D eigenvalue weighted by Crippen LogP contribution is -2.40. The van der Waals surface area contributed by atoms with Crippen molar-refractivity contribution in [2.24, 2.45) is 0 Å². The number of benzene rings is 1. The normalized spacial score (nSPS) is 11.9. The van der Waals surface area contributed by atoms with E-state index in [9.17, 15) is 14.4 Å². The van der Waals surface area contributed by atoms with Crippen molar-refractivity contribution in [1.82, 2.24) is 5.32 Å². The first-order valence-electron chi connectivity index (χ1n) is 5.97. The summed E-state index contributed by atoms with van der Waals surface area (Å²) in [6.07, 6.45) is 2.49. The highest BCUT2D eigenvalue weighted by Gasteiger charge is 2.13. The molecule has 20 heavy (non-hydrogen) atoms. The number of carbonyl (C=O) groups excluding carboxylic acids is 2. The first-order chi connectivity index (χ1) is 9.38. The molecule has 0 fully saturated rings. The van der Waals surface area contributed by atoms with Gasteiger partial charge in [0.1, 0.15) is 6.04 Å². The lowest BCUT2D eigenvalue weighted by atomic mass is 10.2. The molecule has 2 amide bonds. The van der Waals surface area contributed by atoms with Crippen molar-refractivity contribution in [2.45, 2.75) is 19.9 Å². The Labute approximate surface area is 116 Å². The van der Waals surface area contributed by atoms with E-state index in [1.54, 1.807) is 31.2 Å². The average molecular weight is 276 g/mol. The second kappa shape index (κ2) is 7.08. The monoisotopic (exact) mass is 276 g/mol. The molecule has 0 saturated heterocycles. The van der Waals surface area contributed by atoms with Gasteiger partial charge in [0.2, 0.25) is 11.8 Å². The van der Waals surface area contributed by atoms with Crippen molar-refractivity contribution in [3.63, 3.8) is 0 Å². The van der Waals surface area contributed by atoms with E-state index >= 15 is 0 Å². The predicted molar refractivity (Wildman–Crippen MR) is 75.0 cm³/mol. The number of amides is 2. The van der Waals surface area contributed by atoms with Gasteiger partial charge in [0.05, 0.1) is 0 Å². The summed E-state index contributed by atoms with van der Waals surface area (Å²) in [5, 5.41) is 13.6. The molecule has 0 aliphatic carbocycles. The zero-order valence-electron chi connectivity index (χ0n) is 11.2. The van der Waals surface area contributed by atoms with Gasteiger partial charge in [-0.3, -0.25) is 9.59 Å². The van der Waals surface area contributed by atoms with Crippen LogP contribution in [-0.2, 0) is 14.4 Å². The van der Waals surface area contributed by atoms with Gasteiger partial charge in [0, 0.05) is 18.7 Å². The van der Waals surface area contributed by atoms with Crippen LogP contribution in [0.4, 0.5) is 5.69 Å². The van der Waals surface area contributed by atoms with E-state index in [0.717, 1.165) is 6.08 Å². The van der Waals surface area contributed by atoms with Crippen molar-refractivity contribution in [1.29, 1.82) is 0 Å². The van der Waals surface area contributed by atoms with Gasteiger partial charge < -0.3 is 15.7 Å². The van der Waals surface area contributed by atoms with E-state index in [1.807, 2.05) is 0 Å². The molecule has 0 radical (unpaired) electrons. The molecule has 0 bridgehead atoms. The van der Waals surface area contributed by atoms with Crippen LogP contribution in [0.2, 0.25) is 0 Å². The van der Waals surface area contributed by atoms with Gasteiger partial charge in [-0.2, -0.15) is 0 Å². The minimum Gasteiger partial charge on any atom is -0.478 e. The smallest absolute Gasteiger partial charge is 0.328 e. The summed E-state index contributed by atoms with van der Waals surface area (Å²) in [7, 11) is 0. The maximum Gasteiger partial charge on any atom is 0.328 e. The third kappa shape index (κ3) is 5.34. The third-order valence-electron chi connectivity index (χ3n) is 2.41. The van der Waals surface area contributed by atoms with E-state index < -0.39 is 12.0 Å². The second-order valence-electron chi connectivity index (χ2n) is 4.21. The molecule has 1 aromatic carbocycles. The van der Waals surface area contributed by atoms with Crippen LogP contribution < -0.4 is 10.6 Å². The lowest BCUT2D eigenvalue weighted by molar-refractivity contribution is -0.131. The summed E-state index contributed by atoms with van der Waals surface area (Å²) in [5.74, 6) is -1.62. The fraction of sp³-hybridized carbons (Fsp3) is 0.214. The van der Waals surface area contributed by atoms with Crippen LogP contribution in [0.5, 0.6) is 0 Å². The molecule has 6 nitrogen and oxygen atoms in total. The highest BCUT2D eigenvalue weighted by atomic mass is 16.4. The van der Waals surface area contributed by atoms with E-state index in [1.165, 1.54) is 13.0 Å². The molecule has 1 rings (SSSR count). The molecule has 106 valence electrons. The predicted octanol–water partition coefficient (Wildman–Crippen LogP) is 1.25. The summed E-state index contributed by atoms with van der Waals surface area (Å²) in [4.78, 5) is 32.9. The molecule has 0 aliphatic rings. The van der Waals surface area contributed by atoms with Gasteiger partial charge in [-0.1, -0.05) is 12.1 Å². The first kappa shape index (κ1) is 15.4. The Kier molecular flexibility index (Phi) is 5.46. The van der Waals surface area contributed by atoms with Crippen LogP contribution in [0.1, 0.15) is 19.4 Å². The SMILES string of the molecule is CC(=O)NC(C)C(=O)Nc1ccc(/C=C/C(=O)O)cc1. The zero-order valence-corrected chi connectivity index (χ0v) is 11.2. The van der Waals surface area contributed by atoms with E-state index in [4.69, 9.17) is 5.11 Å². The second-order valence-corrected chi connectivity index (χ2v) is 4.21. The summed E-state index contributed by atoms with van der Waals surface area (Å²) in [6.45, 7) is 2.92. The molecule has 3 N–H and O–H groups in total. The van der Waals surface area contributed by atoms with Crippen LogP contribution in [0.3, 0.4) is 0 Å². The van der Waals surface area contributed by atoms with Gasteiger partial charge in [-0.15, -0.1) is 0 Å². The van der Waals surface area contributed by atoms with E-state index in [0.29, 0.717) is 11.3 Å². The Hall–Kier alpha value is -2.63. The molecule has 1 unspecified atom stereocenters. The number of carboxylic acid groups (broad SMARTS) is 1. The van der Waals surface area contributed by atoms with Crippen molar-refractivity contribution >= 4 is 29.5 Å². The molecule has 1 aromatic rings. The minimum atomic E-state index is -1.02. The number of hydrogen-bond acceptors (Lipinski definition) is 3. The fourth-order valence-corrected chi connectivity index (χ4v) is 1.47.